The molecule has 0 heterocycles. The van der Waals surface area contributed by atoms with Gasteiger partial charge in [-0.3, -0.25) is 4.79 Å². The Labute approximate surface area is 146 Å². The van der Waals surface area contributed by atoms with Crippen LogP contribution in [-0.2, 0) is 14.3 Å². The fourth-order valence-electron chi connectivity index (χ4n) is 2.85. The summed E-state index contributed by atoms with van der Waals surface area (Å²) in [4.78, 5) is 25.3. The van der Waals surface area contributed by atoms with Gasteiger partial charge in [-0.05, 0) is 37.1 Å². The molecule has 25 heavy (non-hydrogen) atoms. The summed E-state index contributed by atoms with van der Waals surface area (Å²) in [5.74, 6) is -1.20. The Morgan fingerprint density at radius 1 is 1.20 bits per heavy atom. The monoisotopic (exact) mass is 348 g/mol. The summed E-state index contributed by atoms with van der Waals surface area (Å²) < 4.78 is 22.8. The van der Waals surface area contributed by atoms with Gasteiger partial charge in [0.05, 0.1) is 6.07 Å². The SMILES string of the molecule is CN(C(=O)COC(=O)COc1ccc(F)cc1)C1(C#N)CCCCC1. The molecule has 0 radical (unpaired) electrons. The van der Waals surface area contributed by atoms with E-state index in [1.807, 2.05) is 0 Å². The zero-order valence-corrected chi connectivity index (χ0v) is 14.2. The van der Waals surface area contributed by atoms with E-state index in [9.17, 15) is 19.2 Å². The van der Waals surface area contributed by atoms with Gasteiger partial charge in [0.25, 0.3) is 5.91 Å². The van der Waals surface area contributed by atoms with E-state index in [4.69, 9.17) is 9.47 Å². The van der Waals surface area contributed by atoms with Gasteiger partial charge < -0.3 is 14.4 Å². The number of esters is 1. The standard InChI is InChI=1S/C18H21FN2O4/c1-21(18(13-20)9-3-2-4-10-18)16(22)11-25-17(23)12-24-15-7-5-14(19)6-8-15/h5-8H,2-4,9-12H2,1H3. The Hall–Kier alpha value is -2.62. The Balaban J connectivity index is 1.79. The van der Waals surface area contributed by atoms with E-state index in [0.29, 0.717) is 18.6 Å². The predicted molar refractivity (Wildman–Crippen MR) is 87.1 cm³/mol. The van der Waals surface area contributed by atoms with Gasteiger partial charge in [0.2, 0.25) is 0 Å². The molecule has 2 rings (SSSR count). The molecular formula is C18H21FN2O4. The average Bonchev–Trinajstić information content (AvgIpc) is 2.65. The van der Waals surface area contributed by atoms with Gasteiger partial charge >= 0.3 is 5.97 Å². The second-order valence-corrected chi connectivity index (χ2v) is 6.06. The number of amides is 1. The van der Waals surface area contributed by atoms with E-state index >= 15 is 0 Å². The number of benzene rings is 1. The van der Waals surface area contributed by atoms with Gasteiger partial charge in [0, 0.05) is 7.05 Å². The smallest absolute Gasteiger partial charge is 0.344 e. The number of likely N-dealkylation sites (N-methyl/N-ethyl adjacent to an activating group) is 1. The van der Waals surface area contributed by atoms with Crippen LogP contribution in [0.4, 0.5) is 4.39 Å². The molecule has 0 saturated heterocycles. The molecule has 1 aliphatic rings. The van der Waals surface area contributed by atoms with Crippen molar-refractivity contribution in [2.24, 2.45) is 0 Å². The second kappa shape index (κ2) is 8.47. The third kappa shape index (κ3) is 4.92. The van der Waals surface area contributed by atoms with Crippen LogP contribution in [0.1, 0.15) is 32.1 Å². The van der Waals surface area contributed by atoms with Gasteiger partial charge in [-0.2, -0.15) is 5.26 Å². The Morgan fingerprint density at radius 3 is 2.44 bits per heavy atom. The number of hydrogen-bond acceptors (Lipinski definition) is 5. The van der Waals surface area contributed by atoms with Crippen LogP contribution < -0.4 is 4.74 Å². The van der Waals surface area contributed by atoms with Gasteiger partial charge in [0.1, 0.15) is 17.1 Å². The third-order valence-electron chi connectivity index (χ3n) is 4.43. The van der Waals surface area contributed by atoms with Crippen molar-refractivity contribution in [3.63, 3.8) is 0 Å². The lowest BCUT2D eigenvalue weighted by Crippen LogP contribution is -2.51. The molecule has 1 aliphatic carbocycles. The van der Waals surface area contributed by atoms with Crippen molar-refractivity contribution >= 4 is 11.9 Å². The number of nitrogens with zero attached hydrogens (tertiary/aromatic N) is 2. The highest BCUT2D eigenvalue weighted by Gasteiger charge is 2.38. The van der Waals surface area contributed by atoms with Crippen LogP contribution in [-0.4, -0.2) is 42.6 Å². The highest BCUT2D eigenvalue weighted by atomic mass is 19.1. The molecule has 0 unspecified atom stereocenters. The molecule has 134 valence electrons. The molecule has 1 aromatic rings. The van der Waals surface area contributed by atoms with Crippen LogP contribution in [0.15, 0.2) is 24.3 Å². The molecule has 1 amide bonds. The fourth-order valence-corrected chi connectivity index (χ4v) is 2.85. The topological polar surface area (TPSA) is 79.6 Å². The minimum atomic E-state index is -0.813. The molecule has 0 N–H and O–H groups in total. The molecule has 7 heteroatoms. The molecular weight excluding hydrogens is 327 g/mol. The first-order valence-corrected chi connectivity index (χ1v) is 8.19. The minimum Gasteiger partial charge on any atom is -0.482 e. The second-order valence-electron chi connectivity index (χ2n) is 6.06. The number of carbonyl (C=O) groups is 2. The lowest BCUT2D eigenvalue weighted by atomic mass is 9.81. The normalized spacial score (nSPS) is 15.7. The highest BCUT2D eigenvalue weighted by molar-refractivity contribution is 5.81. The summed E-state index contributed by atoms with van der Waals surface area (Å²) in [6.45, 7) is -0.822. The van der Waals surface area contributed by atoms with Crippen molar-refractivity contribution < 1.29 is 23.5 Å². The van der Waals surface area contributed by atoms with Crippen LogP contribution in [0.2, 0.25) is 0 Å². The van der Waals surface area contributed by atoms with Crippen molar-refractivity contribution in [2.45, 2.75) is 37.6 Å². The van der Waals surface area contributed by atoms with E-state index in [-0.39, 0.29) is 6.61 Å². The number of halogens is 1. The van der Waals surface area contributed by atoms with Crippen molar-refractivity contribution in [1.82, 2.24) is 4.90 Å². The maximum Gasteiger partial charge on any atom is 0.344 e. The highest BCUT2D eigenvalue weighted by Crippen LogP contribution is 2.32. The van der Waals surface area contributed by atoms with Gasteiger partial charge in [0.15, 0.2) is 13.2 Å². The van der Waals surface area contributed by atoms with E-state index in [0.717, 1.165) is 19.3 Å². The fraction of sp³-hybridized carbons (Fsp3) is 0.500. The summed E-state index contributed by atoms with van der Waals surface area (Å²) in [5, 5.41) is 9.47. The first-order chi connectivity index (χ1) is 12.0. The number of hydrogen-bond donors (Lipinski definition) is 0. The zero-order chi connectivity index (χ0) is 18.3. The Bertz CT molecular complexity index is 648. The Morgan fingerprint density at radius 2 is 1.84 bits per heavy atom. The molecule has 0 spiro atoms. The van der Waals surface area contributed by atoms with Crippen LogP contribution in [0, 0.1) is 17.1 Å². The summed E-state index contributed by atoms with van der Waals surface area (Å²) in [7, 11) is 1.57. The predicted octanol–water partition coefficient (Wildman–Crippen LogP) is 2.43. The number of ether oxygens (including phenoxy) is 2. The summed E-state index contributed by atoms with van der Waals surface area (Å²) in [6.07, 6.45) is 4.12. The van der Waals surface area contributed by atoms with E-state index < -0.39 is 29.8 Å². The summed E-state index contributed by atoms with van der Waals surface area (Å²) in [5.41, 5.74) is -0.813. The van der Waals surface area contributed by atoms with Crippen LogP contribution >= 0.6 is 0 Å². The average molecular weight is 348 g/mol. The largest absolute Gasteiger partial charge is 0.482 e. The molecule has 1 aromatic carbocycles. The minimum absolute atomic E-state index is 0.326. The van der Waals surface area contributed by atoms with Crippen LogP contribution in [0.5, 0.6) is 5.75 Å². The molecule has 1 saturated carbocycles. The first kappa shape index (κ1) is 18.7. The molecule has 0 aliphatic heterocycles. The summed E-state index contributed by atoms with van der Waals surface area (Å²) in [6, 6.07) is 7.45. The lowest BCUT2D eigenvalue weighted by molar-refractivity contribution is -0.155. The van der Waals surface area contributed by atoms with E-state index in [2.05, 4.69) is 6.07 Å². The quantitative estimate of drug-likeness (QED) is 0.738. The van der Waals surface area contributed by atoms with Crippen LogP contribution in [0.3, 0.4) is 0 Å². The van der Waals surface area contributed by atoms with Gasteiger partial charge in [-0.1, -0.05) is 19.3 Å². The van der Waals surface area contributed by atoms with Crippen molar-refractivity contribution in [1.29, 1.82) is 5.26 Å². The number of carbonyl (C=O) groups excluding carboxylic acids is 2. The van der Waals surface area contributed by atoms with Gasteiger partial charge in [-0.25, -0.2) is 9.18 Å². The van der Waals surface area contributed by atoms with E-state index in [1.165, 1.54) is 29.2 Å². The van der Waals surface area contributed by atoms with Crippen molar-refractivity contribution in [2.75, 3.05) is 20.3 Å². The number of rotatable bonds is 6. The van der Waals surface area contributed by atoms with E-state index in [1.54, 1.807) is 7.05 Å². The Kier molecular flexibility index (Phi) is 6.34. The van der Waals surface area contributed by atoms with Crippen molar-refractivity contribution in [3.05, 3.63) is 30.1 Å². The molecule has 6 nitrogen and oxygen atoms in total. The summed E-state index contributed by atoms with van der Waals surface area (Å²) >= 11 is 0. The lowest BCUT2D eigenvalue weighted by Gasteiger charge is -2.38. The van der Waals surface area contributed by atoms with Crippen molar-refractivity contribution in [3.8, 4) is 11.8 Å². The molecule has 0 atom stereocenters. The first-order valence-electron chi connectivity index (χ1n) is 8.19. The molecule has 0 aromatic heterocycles. The molecule has 0 bridgehead atoms. The van der Waals surface area contributed by atoms with Crippen LogP contribution in [0.25, 0.3) is 0 Å². The zero-order valence-electron chi connectivity index (χ0n) is 14.2. The maximum atomic E-state index is 12.8. The molecule has 1 fully saturated rings. The van der Waals surface area contributed by atoms with Gasteiger partial charge in [-0.15, -0.1) is 0 Å². The maximum absolute atomic E-state index is 12.8. The third-order valence-corrected chi connectivity index (χ3v) is 4.43. The number of nitriles is 1.